The van der Waals surface area contributed by atoms with E-state index in [1.807, 2.05) is 6.92 Å². The van der Waals surface area contributed by atoms with Crippen LogP contribution in [0.25, 0.3) is 0 Å². The minimum absolute atomic E-state index is 0.245. The summed E-state index contributed by atoms with van der Waals surface area (Å²) in [6.45, 7) is 5.65. The normalized spacial score (nSPS) is 27.8. The summed E-state index contributed by atoms with van der Waals surface area (Å²) < 4.78 is 38.6. The Bertz CT molecular complexity index is 260. The molecule has 1 aliphatic rings. The van der Waals surface area contributed by atoms with Crippen LogP contribution in [0.4, 0.5) is 13.2 Å². The summed E-state index contributed by atoms with van der Waals surface area (Å²) in [4.78, 5) is 0. The Kier molecular flexibility index (Phi) is 5.04. The molecule has 1 rings (SSSR count). The van der Waals surface area contributed by atoms with Gasteiger partial charge in [0.05, 0.1) is 5.92 Å². The van der Waals surface area contributed by atoms with Crippen molar-refractivity contribution < 1.29 is 13.2 Å². The lowest BCUT2D eigenvalue weighted by molar-refractivity contribution is -0.198. The Balaban J connectivity index is 2.61. The summed E-state index contributed by atoms with van der Waals surface area (Å²) in [5.74, 6) is -1.60. The van der Waals surface area contributed by atoms with Crippen molar-refractivity contribution in [1.82, 2.24) is 0 Å². The highest BCUT2D eigenvalue weighted by Crippen LogP contribution is 2.43. The van der Waals surface area contributed by atoms with Gasteiger partial charge in [0.15, 0.2) is 0 Å². The van der Waals surface area contributed by atoms with Gasteiger partial charge in [0, 0.05) is 6.04 Å². The highest BCUT2D eigenvalue weighted by atomic mass is 19.4. The third kappa shape index (κ3) is 4.34. The number of halogens is 3. The number of allylic oxidation sites excluding steroid dienone is 1. The molecule has 0 saturated heterocycles. The van der Waals surface area contributed by atoms with Crippen molar-refractivity contribution in [2.45, 2.75) is 57.7 Å². The summed E-state index contributed by atoms with van der Waals surface area (Å²) in [6, 6.07) is -0.348. The van der Waals surface area contributed by atoms with Gasteiger partial charge in [0.25, 0.3) is 0 Å². The van der Waals surface area contributed by atoms with E-state index >= 15 is 0 Å². The first-order chi connectivity index (χ1) is 7.82. The van der Waals surface area contributed by atoms with E-state index in [1.165, 1.54) is 0 Å². The first-order valence-corrected chi connectivity index (χ1v) is 6.29. The molecular weight excluding hydrogens is 227 g/mol. The molecule has 0 bridgehead atoms. The molecular formula is C13H22F3N. The molecule has 0 radical (unpaired) electrons. The van der Waals surface area contributed by atoms with Crippen molar-refractivity contribution in [3.8, 4) is 0 Å². The minimum atomic E-state index is -4.09. The van der Waals surface area contributed by atoms with Gasteiger partial charge in [0.1, 0.15) is 0 Å². The van der Waals surface area contributed by atoms with Crippen molar-refractivity contribution in [3.05, 3.63) is 12.2 Å². The second-order valence-corrected chi connectivity index (χ2v) is 5.26. The van der Waals surface area contributed by atoms with Crippen molar-refractivity contribution in [2.24, 2.45) is 17.6 Å². The molecule has 0 spiro atoms. The number of nitrogens with two attached hydrogens (primary N) is 1. The first kappa shape index (κ1) is 14.6. The highest BCUT2D eigenvalue weighted by Gasteiger charge is 2.46. The van der Waals surface area contributed by atoms with Crippen molar-refractivity contribution in [2.75, 3.05) is 0 Å². The van der Waals surface area contributed by atoms with Gasteiger partial charge in [-0.2, -0.15) is 13.2 Å². The van der Waals surface area contributed by atoms with Gasteiger partial charge in [-0.1, -0.05) is 18.4 Å². The zero-order chi connectivity index (χ0) is 13.1. The molecule has 17 heavy (non-hydrogen) atoms. The average Bonchev–Trinajstić information content (AvgIpc) is 2.24. The minimum Gasteiger partial charge on any atom is -0.327 e. The SMILES string of the molecule is C=C(C)CCC(N)C1CCCCC1C(F)(F)F. The van der Waals surface area contributed by atoms with Gasteiger partial charge >= 0.3 is 6.18 Å². The highest BCUT2D eigenvalue weighted by molar-refractivity contribution is 4.92. The lowest BCUT2D eigenvalue weighted by Gasteiger charge is -2.36. The zero-order valence-corrected chi connectivity index (χ0v) is 10.4. The summed E-state index contributed by atoms with van der Waals surface area (Å²) in [5.41, 5.74) is 6.93. The van der Waals surface area contributed by atoms with E-state index in [9.17, 15) is 13.2 Å². The van der Waals surface area contributed by atoms with E-state index in [0.29, 0.717) is 19.3 Å². The molecule has 100 valence electrons. The Morgan fingerprint density at radius 1 is 1.35 bits per heavy atom. The van der Waals surface area contributed by atoms with E-state index < -0.39 is 18.0 Å². The smallest absolute Gasteiger partial charge is 0.327 e. The van der Waals surface area contributed by atoms with Crippen LogP contribution in [0.5, 0.6) is 0 Å². The van der Waals surface area contributed by atoms with Crippen LogP contribution < -0.4 is 5.73 Å². The second kappa shape index (κ2) is 5.89. The number of hydrogen-bond donors (Lipinski definition) is 1. The molecule has 0 amide bonds. The van der Waals surface area contributed by atoms with Crippen LogP contribution in [0.2, 0.25) is 0 Å². The van der Waals surface area contributed by atoms with E-state index in [0.717, 1.165) is 18.4 Å². The topological polar surface area (TPSA) is 26.0 Å². The average molecular weight is 249 g/mol. The van der Waals surface area contributed by atoms with Crippen LogP contribution in [0.3, 0.4) is 0 Å². The van der Waals surface area contributed by atoms with Crippen LogP contribution in [-0.2, 0) is 0 Å². The Labute approximate surface area is 101 Å². The molecule has 0 aromatic heterocycles. The first-order valence-electron chi connectivity index (χ1n) is 6.29. The van der Waals surface area contributed by atoms with Crippen LogP contribution in [0.1, 0.15) is 45.4 Å². The molecule has 3 atom stereocenters. The third-order valence-electron chi connectivity index (χ3n) is 3.69. The fourth-order valence-corrected chi connectivity index (χ4v) is 2.71. The maximum atomic E-state index is 12.9. The van der Waals surface area contributed by atoms with Gasteiger partial charge in [-0.25, -0.2) is 0 Å². The van der Waals surface area contributed by atoms with Gasteiger partial charge in [-0.3, -0.25) is 0 Å². The van der Waals surface area contributed by atoms with E-state index in [4.69, 9.17) is 5.73 Å². The van der Waals surface area contributed by atoms with Crippen LogP contribution in [-0.4, -0.2) is 12.2 Å². The van der Waals surface area contributed by atoms with Crippen molar-refractivity contribution in [3.63, 3.8) is 0 Å². The lowest BCUT2D eigenvalue weighted by Crippen LogP contribution is -2.43. The van der Waals surface area contributed by atoms with Crippen molar-refractivity contribution >= 4 is 0 Å². The van der Waals surface area contributed by atoms with Crippen molar-refractivity contribution in [1.29, 1.82) is 0 Å². The number of hydrogen-bond acceptors (Lipinski definition) is 1. The Morgan fingerprint density at radius 3 is 2.47 bits per heavy atom. The Morgan fingerprint density at radius 2 is 1.94 bits per heavy atom. The fraction of sp³-hybridized carbons (Fsp3) is 0.846. The molecule has 1 aliphatic carbocycles. The molecule has 0 aromatic rings. The maximum Gasteiger partial charge on any atom is 0.392 e. The molecule has 1 nitrogen and oxygen atoms in total. The Hall–Kier alpha value is -0.510. The second-order valence-electron chi connectivity index (χ2n) is 5.26. The van der Waals surface area contributed by atoms with Gasteiger partial charge in [0.2, 0.25) is 0 Å². The monoisotopic (exact) mass is 249 g/mol. The fourth-order valence-electron chi connectivity index (χ4n) is 2.71. The summed E-state index contributed by atoms with van der Waals surface area (Å²) in [5, 5.41) is 0. The predicted molar refractivity (Wildman–Crippen MR) is 63.5 cm³/mol. The third-order valence-corrected chi connectivity index (χ3v) is 3.69. The molecule has 2 N–H and O–H groups in total. The van der Waals surface area contributed by atoms with E-state index in [2.05, 4.69) is 6.58 Å². The molecule has 1 saturated carbocycles. The summed E-state index contributed by atoms with van der Waals surface area (Å²) in [6.07, 6.45) is -0.344. The van der Waals surface area contributed by atoms with Gasteiger partial charge in [-0.05, 0) is 38.5 Å². The number of alkyl halides is 3. The molecule has 4 heteroatoms. The largest absolute Gasteiger partial charge is 0.392 e. The quantitative estimate of drug-likeness (QED) is 0.748. The van der Waals surface area contributed by atoms with Crippen LogP contribution in [0.15, 0.2) is 12.2 Å². The van der Waals surface area contributed by atoms with E-state index in [-0.39, 0.29) is 12.5 Å². The summed E-state index contributed by atoms with van der Waals surface area (Å²) >= 11 is 0. The molecule has 1 fully saturated rings. The van der Waals surface area contributed by atoms with Crippen LogP contribution in [0, 0.1) is 11.8 Å². The molecule has 3 unspecified atom stereocenters. The maximum absolute atomic E-state index is 12.9. The van der Waals surface area contributed by atoms with Crippen LogP contribution >= 0.6 is 0 Å². The zero-order valence-electron chi connectivity index (χ0n) is 10.4. The predicted octanol–water partition coefficient (Wildman–Crippen LogP) is 4.04. The lowest BCUT2D eigenvalue weighted by atomic mass is 9.74. The van der Waals surface area contributed by atoms with Gasteiger partial charge < -0.3 is 5.73 Å². The van der Waals surface area contributed by atoms with E-state index in [1.54, 1.807) is 0 Å². The molecule has 0 aliphatic heterocycles. The number of rotatable bonds is 4. The standard InChI is InChI=1S/C13H22F3N/c1-9(2)7-8-12(17)10-5-3-4-6-11(10)13(14,15)16/h10-12H,1,3-8,17H2,2H3. The van der Waals surface area contributed by atoms with Gasteiger partial charge in [-0.15, -0.1) is 6.58 Å². The molecule has 0 heterocycles. The molecule has 0 aromatic carbocycles. The summed E-state index contributed by atoms with van der Waals surface area (Å²) in [7, 11) is 0.